The van der Waals surface area contributed by atoms with Gasteiger partial charge in [0, 0.05) is 16.6 Å². The molecule has 0 aromatic heterocycles. The van der Waals surface area contributed by atoms with Gasteiger partial charge in [-0.2, -0.15) is 0 Å². The number of carbonyl (C=O) groups is 1. The third kappa shape index (κ3) is 8.15. The van der Waals surface area contributed by atoms with E-state index < -0.39 is 5.97 Å². The van der Waals surface area contributed by atoms with Crippen LogP contribution in [-0.2, 0) is 9.53 Å². The van der Waals surface area contributed by atoms with Gasteiger partial charge < -0.3 is 19.5 Å². The Bertz CT molecular complexity index is 1300. The average Bonchev–Trinajstić information content (AvgIpc) is 3.74. The number of benzene rings is 3. The predicted octanol–water partition coefficient (Wildman–Crippen LogP) is 5.81. The molecule has 3 aromatic rings. The third-order valence-electron chi connectivity index (χ3n) is 5.90. The normalized spacial score (nSPS) is 12.9. The van der Waals surface area contributed by atoms with Crippen molar-refractivity contribution in [3.8, 4) is 23.3 Å². The Morgan fingerprint density at radius 3 is 2.38 bits per heavy atom. The van der Waals surface area contributed by atoms with E-state index >= 15 is 0 Å². The van der Waals surface area contributed by atoms with E-state index in [1.807, 2.05) is 55.5 Å². The zero-order valence-corrected chi connectivity index (χ0v) is 21.8. The van der Waals surface area contributed by atoms with Gasteiger partial charge in [0.2, 0.25) is 0 Å². The first-order chi connectivity index (χ1) is 18.0. The number of aryl methyl sites for hydroxylation is 1. The Morgan fingerprint density at radius 1 is 1.03 bits per heavy atom. The minimum Gasteiger partial charge on any atom is -0.489 e. The minimum atomic E-state index is -0.426. The molecule has 0 radical (unpaired) electrons. The van der Waals surface area contributed by atoms with Crippen molar-refractivity contribution in [1.29, 1.82) is 0 Å². The largest absolute Gasteiger partial charge is 0.489 e. The van der Waals surface area contributed by atoms with Crippen LogP contribution < -0.4 is 14.8 Å². The van der Waals surface area contributed by atoms with Crippen molar-refractivity contribution in [2.75, 3.05) is 26.9 Å². The molecule has 0 spiro atoms. The quantitative estimate of drug-likeness (QED) is 0.272. The molecular formula is C31H30ClNO4. The van der Waals surface area contributed by atoms with E-state index in [1.54, 1.807) is 6.07 Å². The van der Waals surface area contributed by atoms with Crippen molar-refractivity contribution in [1.82, 2.24) is 5.32 Å². The SMILES string of the molecule is COC(=O)COc1ccc(OC/C=C(/c2ccc(Cl)cc2)c2ccc(C#CCNC3CC3)cc2)cc1C. The molecule has 37 heavy (non-hydrogen) atoms. The summed E-state index contributed by atoms with van der Waals surface area (Å²) in [6.07, 6.45) is 4.58. The fourth-order valence-corrected chi connectivity index (χ4v) is 3.81. The maximum absolute atomic E-state index is 11.3. The Hall–Kier alpha value is -3.72. The summed E-state index contributed by atoms with van der Waals surface area (Å²) in [5.74, 6) is 7.31. The van der Waals surface area contributed by atoms with E-state index in [1.165, 1.54) is 20.0 Å². The van der Waals surface area contributed by atoms with Crippen LogP contribution in [0.5, 0.6) is 11.5 Å². The zero-order chi connectivity index (χ0) is 26.0. The van der Waals surface area contributed by atoms with E-state index in [4.69, 9.17) is 21.1 Å². The molecule has 6 heteroatoms. The van der Waals surface area contributed by atoms with Crippen LogP contribution in [0.3, 0.4) is 0 Å². The van der Waals surface area contributed by atoms with Gasteiger partial charge >= 0.3 is 5.97 Å². The maximum atomic E-state index is 11.3. The third-order valence-corrected chi connectivity index (χ3v) is 6.15. The van der Waals surface area contributed by atoms with Crippen molar-refractivity contribution in [3.63, 3.8) is 0 Å². The molecule has 0 bridgehead atoms. The van der Waals surface area contributed by atoms with Crippen molar-refractivity contribution in [2.45, 2.75) is 25.8 Å². The van der Waals surface area contributed by atoms with Gasteiger partial charge in [-0.25, -0.2) is 4.79 Å². The van der Waals surface area contributed by atoms with Crippen LogP contribution in [0.1, 0.15) is 35.1 Å². The highest BCUT2D eigenvalue weighted by molar-refractivity contribution is 6.30. The molecule has 0 atom stereocenters. The van der Waals surface area contributed by atoms with Gasteiger partial charge in [0.15, 0.2) is 6.61 Å². The highest BCUT2D eigenvalue weighted by atomic mass is 35.5. The molecule has 5 nitrogen and oxygen atoms in total. The maximum Gasteiger partial charge on any atom is 0.343 e. The summed E-state index contributed by atoms with van der Waals surface area (Å²) in [5.41, 5.74) is 5.00. The number of hydrogen-bond donors (Lipinski definition) is 1. The Labute approximate surface area is 223 Å². The molecular weight excluding hydrogens is 486 g/mol. The first kappa shape index (κ1) is 26.3. The molecule has 4 rings (SSSR count). The lowest BCUT2D eigenvalue weighted by atomic mass is 9.97. The summed E-state index contributed by atoms with van der Waals surface area (Å²) in [6, 6.07) is 22.2. The minimum absolute atomic E-state index is 0.132. The van der Waals surface area contributed by atoms with E-state index in [9.17, 15) is 4.79 Å². The molecule has 1 fully saturated rings. The Morgan fingerprint density at radius 2 is 1.73 bits per heavy atom. The van der Waals surface area contributed by atoms with E-state index in [0.717, 1.165) is 34.4 Å². The average molecular weight is 516 g/mol. The fourth-order valence-electron chi connectivity index (χ4n) is 3.68. The molecule has 0 unspecified atom stereocenters. The second kappa shape index (κ2) is 13.0. The summed E-state index contributed by atoms with van der Waals surface area (Å²) < 4.78 is 16.1. The number of ether oxygens (including phenoxy) is 3. The molecule has 0 aliphatic heterocycles. The van der Waals surface area contributed by atoms with Crippen LogP contribution in [0, 0.1) is 18.8 Å². The van der Waals surface area contributed by atoms with Crippen LogP contribution >= 0.6 is 11.6 Å². The molecule has 3 aromatic carbocycles. The number of halogens is 1. The second-order valence-electron chi connectivity index (χ2n) is 8.76. The molecule has 1 saturated carbocycles. The van der Waals surface area contributed by atoms with Crippen LogP contribution in [0.15, 0.2) is 72.8 Å². The zero-order valence-electron chi connectivity index (χ0n) is 21.1. The van der Waals surface area contributed by atoms with Gasteiger partial charge in [-0.3, -0.25) is 0 Å². The number of carbonyl (C=O) groups excluding carboxylic acids is 1. The number of hydrogen-bond acceptors (Lipinski definition) is 5. The van der Waals surface area contributed by atoms with Crippen molar-refractivity contribution in [3.05, 3.63) is 100 Å². The summed E-state index contributed by atoms with van der Waals surface area (Å²) in [6.45, 7) is 2.86. The number of rotatable bonds is 10. The van der Waals surface area contributed by atoms with Crippen molar-refractivity contribution < 1.29 is 19.0 Å². The Kier molecular flexibility index (Phi) is 9.26. The molecule has 0 heterocycles. The van der Waals surface area contributed by atoms with E-state index in [0.29, 0.717) is 29.2 Å². The van der Waals surface area contributed by atoms with Gasteiger partial charge in [-0.1, -0.05) is 47.7 Å². The molecule has 0 amide bonds. The summed E-state index contributed by atoms with van der Waals surface area (Å²) >= 11 is 6.13. The highest BCUT2D eigenvalue weighted by Gasteiger charge is 2.19. The molecule has 0 saturated heterocycles. The number of methoxy groups -OCH3 is 1. The van der Waals surface area contributed by atoms with Crippen LogP contribution in [-0.4, -0.2) is 38.9 Å². The van der Waals surface area contributed by atoms with Crippen LogP contribution in [0.2, 0.25) is 5.02 Å². The standard InChI is InChI=1S/C31H30ClNO4/c1-22-20-28(15-16-30(22)37-21-31(34)35-2)36-19-17-29(25-9-11-26(32)12-10-25)24-7-5-23(6-8-24)4-3-18-33-27-13-14-27/h5-12,15-17,20,27,33H,13-14,18-19,21H2,1-2H3/b29-17+. The lowest BCUT2D eigenvalue weighted by Crippen LogP contribution is -2.15. The smallest absolute Gasteiger partial charge is 0.343 e. The molecule has 1 aliphatic carbocycles. The second-order valence-corrected chi connectivity index (χ2v) is 9.20. The van der Waals surface area contributed by atoms with Crippen molar-refractivity contribution in [2.24, 2.45) is 0 Å². The highest BCUT2D eigenvalue weighted by Crippen LogP contribution is 2.27. The van der Waals surface area contributed by atoms with Gasteiger partial charge in [0.1, 0.15) is 18.1 Å². The summed E-state index contributed by atoms with van der Waals surface area (Å²) in [5, 5.41) is 4.10. The first-order valence-corrected chi connectivity index (χ1v) is 12.6. The molecule has 1 aliphatic rings. The lowest BCUT2D eigenvalue weighted by Gasteiger charge is -2.12. The van der Waals surface area contributed by atoms with Gasteiger partial charge in [-0.15, -0.1) is 0 Å². The van der Waals surface area contributed by atoms with E-state index in [-0.39, 0.29) is 6.61 Å². The van der Waals surface area contributed by atoms with Crippen molar-refractivity contribution >= 4 is 23.1 Å². The molecule has 1 N–H and O–H groups in total. The number of esters is 1. The monoisotopic (exact) mass is 515 g/mol. The topological polar surface area (TPSA) is 56.8 Å². The summed E-state index contributed by atoms with van der Waals surface area (Å²) in [4.78, 5) is 11.3. The fraction of sp³-hybridized carbons (Fsp3) is 0.258. The van der Waals surface area contributed by atoms with Gasteiger partial charge in [0.05, 0.1) is 13.7 Å². The van der Waals surface area contributed by atoms with Gasteiger partial charge in [-0.05, 0) is 90.6 Å². The van der Waals surface area contributed by atoms with Crippen LogP contribution in [0.25, 0.3) is 5.57 Å². The predicted molar refractivity (Wildman–Crippen MR) is 147 cm³/mol. The van der Waals surface area contributed by atoms with E-state index in [2.05, 4.69) is 40.1 Å². The number of nitrogens with one attached hydrogen (secondary N) is 1. The summed E-state index contributed by atoms with van der Waals surface area (Å²) in [7, 11) is 1.33. The van der Waals surface area contributed by atoms with Crippen LogP contribution in [0.4, 0.5) is 0 Å². The molecule has 190 valence electrons. The first-order valence-electron chi connectivity index (χ1n) is 12.2. The van der Waals surface area contributed by atoms with Gasteiger partial charge in [0.25, 0.3) is 0 Å². The Balaban J connectivity index is 1.45. The lowest BCUT2D eigenvalue weighted by molar-refractivity contribution is -0.142.